The monoisotopic (exact) mass is 311 g/mol. The van der Waals surface area contributed by atoms with Gasteiger partial charge in [0.25, 0.3) is 5.89 Å². The van der Waals surface area contributed by atoms with Crippen molar-refractivity contribution in [3.8, 4) is 0 Å². The molecule has 0 aliphatic carbocycles. The Morgan fingerprint density at radius 3 is 3.05 bits per heavy atom. The fourth-order valence-electron chi connectivity index (χ4n) is 2.07. The second kappa shape index (κ2) is 5.73. The van der Waals surface area contributed by atoms with E-state index >= 15 is 0 Å². The minimum atomic E-state index is -1.03. The molecule has 1 aromatic carbocycles. The standard InChI is InChI=1S/C13H14ClN3O2S/c14-9-3-1-2-4-10(9)20-7-11-16-12(19-17-11)13(18)5-6-15-8-13/h1-4,15,18H,5-8H2. The van der Waals surface area contributed by atoms with Crippen molar-refractivity contribution in [3.05, 3.63) is 41.0 Å². The molecule has 0 radical (unpaired) electrons. The van der Waals surface area contributed by atoms with Crippen molar-refractivity contribution in [2.45, 2.75) is 22.7 Å². The van der Waals surface area contributed by atoms with Crippen LogP contribution in [0.1, 0.15) is 18.1 Å². The first kappa shape index (κ1) is 13.9. The van der Waals surface area contributed by atoms with E-state index in [0.29, 0.717) is 29.6 Å². The lowest BCUT2D eigenvalue weighted by Crippen LogP contribution is -2.28. The molecule has 2 N–H and O–H groups in total. The molecular weight excluding hydrogens is 298 g/mol. The predicted molar refractivity (Wildman–Crippen MR) is 76.7 cm³/mol. The van der Waals surface area contributed by atoms with Crippen molar-refractivity contribution in [2.75, 3.05) is 13.1 Å². The van der Waals surface area contributed by atoms with E-state index in [9.17, 15) is 5.11 Å². The molecular formula is C13H14ClN3O2S. The maximum atomic E-state index is 10.3. The van der Waals surface area contributed by atoms with Crippen LogP contribution >= 0.6 is 23.4 Å². The summed E-state index contributed by atoms with van der Waals surface area (Å²) in [5, 5.41) is 18.0. The van der Waals surface area contributed by atoms with E-state index in [0.717, 1.165) is 11.4 Å². The molecule has 2 aromatic rings. The third kappa shape index (κ3) is 2.83. The number of hydrogen-bond donors (Lipinski definition) is 2. The Morgan fingerprint density at radius 1 is 1.45 bits per heavy atom. The number of halogens is 1. The van der Waals surface area contributed by atoms with Crippen LogP contribution in [0.25, 0.3) is 0 Å². The van der Waals surface area contributed by atoms with Gasteiger partial charge in [-0.1, -0.05) is 28.9 Å². The van der Waals surface area contributed by atoms with Crippen LogP contribution in [-0.2, 0) is 11.4 Å². The van der Waals surface area contributed by atoms with Gasteiger partial charge in [-0.25, -0.2) is 0 Å². The molecule has 7 heteroatoms. The zero-order chi connectivity index (χ0) is 14.0. The Morgan fingerprint density at radius 2 is 2.30 bits per heavy atom. The summed E-state index contributed by atoms with van der Waals surface area (Å²) in [6, 6.07) is 7.62. The second-order valence-corrected chi connectivity index (χ2v) is 6.12. The van der Waals surface area contributed by atoms with Crippen LogP contribution < -0.4 is 5.32 Å². The smallest absolute Gasteiger partial charge is 0.260 e. The first-order valence-corrected chi connectivity index (χ1v) is 7.67. The van der Waals surface area contributed by atoms with E-state index in [4.69, 9.17) is 16.1 Å². The van der Waals surface area contributed by atoms with Gasteiger partial charge in [-0.05, 0) is 25.1 Å². The molecule has 2 heterocycles. The van der Waals surface area contributed by atoms with Crippen LogP contribution in [-0.4, -0.2) is 28.3 Å². The van der Waals surface area contributed by atoms with E-state index in [1.807, 2.05) is 24.3 Å². The average molecular weight is 312 g/mol. The van der Waals surface area contributed by atoms with E-state index in [1.165, 1.54) is 0 Å². The van der Waals surface area contributed by atoms with Crippen LogP contribution in [0.5, 0.6) is 0 Å². The molecule has 106 valence electrons. The van der Waals surface area contributed by atoms with Crippen molar-refractivity contribution in [3.63, 3.8) is 0 Å². The van der Waals surface area contributed by atoms with Gasteiger partial charge in [0.2, 0.25) is 0 Å². The minimum Gasteiger partial charge on any atom is -0.379 e. The topological polar surface area (TPSA) is 71.2 Å². The van der Waals surface area contributed by atoms with E-state index in [1.54, 1.807) is 11.8 Å². The molecule has 1 saturated heterocycles. The van der Waals surface area contributed by atoms with Crippen molar-refractivity contribution in [1.82, 2.24) is 15.5 Å². The Hall–Kier alpha value is -1.08. The molecule has 5 nitrogen and oxygen atoms in total. The van der Waals surface area contributed by atoms with Gasteiger partial charge in [0, 0.05) is 11.4 Å². The largest absolute Gasteiger partial charge is 0.379 e. The van der Waals surface area contributed by atoms with Crippen LogP contribution in [0.2, 0.25) is 5.02 Å². The van der Waals surface area contributed by atoms with Crippen LogP contribution in [0.3, 0.4) is 0 Å². The lowest BCUT2D eigenvalue weighted by molar-refractivity contribution is 0.0243. The highest BCUT2D eigenvalue weighted by Gasteiger charge is 2.38. The first-order chi connectivity index (χ1) is 9.67. The van der Waals surface area contributed by atoms with Gasteiger partial charge in [-0.15, -0.1) is 11.8 Å². The van der Waals surface area contributed by atoms with Crippen LogP contribution in [0.15, 0.2) is 33.7 Å². The third-order valence-electron chi connectivity index (χ3n) is 3.19. The van der Waals surface area contributed by atoms with E-state index in [2.05, 4.69) is 15.5 Å². The minimum absolute atomic E-state index is 0.289. The maximum absolute atomic E-state index is 10.3. The van der Waals surface area contributed by atoms with Gasteiger partial charge in [-0.3, -0.25) is 0 Å². The molecule has 20 heavy (non-hydrogen) atoms. The van der Waals surface area contributed by atoms with Crippen molar-refractivity contribution >= 4 is 23.4 Å². The second-order valence-electron chi connectivity index (χ2n) is 4.69. The summed E-state index contributed by atoms with van der Waals surface area (Å²) < 4.78 is 5.17. The Bertz CT molecular complexity index is 599. The summed E-state index contributed by atoms with van der Waals surface area (Å²) in [5.41, 5.74) is -1.03. The van der Waals surface area contributed by atoms with Crippen LogP contribution in [0.4, 0.5) is 0 Å². The number of nitrogens with one attached hydrogen (secondary N) is 1. The van der Waals surface area contributed by atoms with Crippen molar-refractivity contribution in [1.29, 1.82) is 0 Å². The summed E-state index contributed by atoms with van der Waals surface area (Å²) in [7, 11) is 0. The van der Waals surface area contributed by atoms with Gasteiger partial charge >= 0.3 is 0 Å². The molecule has 1 aliphatic heterocycles. The number of hydrogen-bond acceptors (Lipinski definition) is 6. The number of nitrogens with zero attached hydrogens (tertiary/aromatic N) is 2. The highest BCUT2D eigenvalue weighted by Crippen LogP contribution is 2.30. The molecule has 0 spiro atoms. The zero-order valence-electron chi connectivity index (χ0n) is 10.7. The molecule has 0 bridgehead atoms. The van der Waals surface area contributed by atoms with Gasteiger partial charge in [0.1, 0.15) is 0 Å². The average Bonchev–Trinajstić information content (AvgIpc) is 3.08. The maximum Gasteiger partial charge on any atom is 0.260 e. The Labute approximate surface area is 125 Å². The molecule has 0 saturated carbocycles. The molecule has 1 aliphatic rings. The zero-order valence-corrected chi connectivity index (χ0v) is 12.2. The van der Waals surface area contributed by atoms with Crippen molar-refractivity contribution in [2.24, 2.45) is 0 Å². The summed E-state index contributed by atoms with van der Waals surface area (Å²) >= 11 is 7.63. The number of thioether (sulfide) groups is 1. The molecule has 0 amide bonds. The van der Waals surface area contributed by atoms with Crippen LogP contribution in [0, 0.1) is 0 Å². The lowest BCUT2D eigenvalue weighted by Gasteiger charge is -2.14. The molecule has 1 unspecified atom stereocenters. The molecule has 1 fully saturated rings. The fraction of sp³-hybridized carbons (Fsp3) is 0.385. The molecule has 3 rings (SSSR count). The van der Waals surface area contributed by atoms with Gasteiger partial charge in [0.05, 0.1) is 10.8 Å². The number of rotatable bonds is 4. The highest BCUT2D eigenvalue weighted by molar-refractivity contribution is 7.98. The van der Waals surface area contributed by atoms with E-state index < -0.39 is 5.60 Å². The number of aliphatic hydroxyl groups is 1. The quantitative estimate of drug-likeness (QED) is 0.844. The number of benzene rings is 1. The van der Waals surface area contributed by atoms with Gasteiger partial charge in [-0.2, -0.15) is 4.98 Å². The fourth-order valence-corrected chi connectivity index (χ4v) is 3.15. The van der Waals surface area contributed by atoms with E-state index in [-0.39, 0.29) is 5.89 Å². The predicted octanol–water partition coefficient (Wildman–Crippen LogP) is 2.20. The summed E-state index contributed by atoms with van der Waals surface area (Å²) in [6.07, 6.45) is 0.590. The third-order valence-corrected chi connectivity index (χ3v) is 4.70. The summed E-state index contributed by atoms with van der Waals surface area (Å²) in [4.78, 5) is 5.25. The Kier molecular flexibility index (Phi) is 3.98. The molecule has 1 aromatic heterocycles. The SMILES string of the molecule is OC1(c2nc(CSc3ccccc3Cl)no2)CCNC1. The molecule has 1 atom stereocenters. The normalized spacial score (nSPS) is 22.3. The number of β-amino-alcohol motifs (C(OH)–C–C–N with tert-alkyl or cyclic N) is 1. The number of aromatic nitrogens is 2. The Balaban J connectivity index is 1.67. The van der Waals surface area contributed by atoms with Gasteiger partial charge < -0.3 is 14.9 Å². The first-order valence-electron chi connectivity index (χ1n) is 6.31. The lowest BCUT2D eigenvalue weighted by atomic mass is 10.0. The summed E-state index contributed by atoms with van der Waals surface area (Å²) in [5.74, 6) is 1.40. The van der Waals surface area contributed by atoms with Gasteiger partial charge in [0.15, 0.2) is 11.4 Å². The summed E-state index contributed by atoms with van der Waals surface area (Å²) in [6.45, 7) is 1.20. The van der Waals surface area contributed by atoms with Crippen molar-refractivity contribution < 1.29 is 9.63 Å². The highest BCUT2D eigenvalue weighted by atomic mass is 35.5.